The van der Waals surface area contributed by atoms with Gasteiger partial charge in [0.05, 0.1) is 11.4 Å². The van der Waals surface area contributed by atoms with E-state index in [2.05, 4.69) is 26.2 Å². The third-order valence-electron chi connectivity index (χ3n) is 3.90. The number of amides is 1. The SMILES string of the molecule is Cc1nc(-c2ccccc2)sc1C(=O)Nc1cc2c(cc1Br)OCCO2. The zero-order valence-electron chi connectivity index (χ0n) is 13.9. The Kier molecular flexibility index (Phi) is 4.65. The molecule has 0 saturated carbocycles. The summed E-state index contributed by atoms with van der Waals surface area (Å²) in [6.45, 7) is 2.86. The summed E-state index contributed by atoms with van der Waals surface area (Å²) in [4.78, 5) is 17.9. The topological polar surface area (TPSA) is 60.5 Å². The molecule has 0 unspecified atom stereocenters. The number of hydrogen-bond acceptors (Lipinski definition) is 5. The van der Waals surface area contributed by atoms with E-state index in [9.17, 15) is 4.79 Å². The molecule has 0 radical (unpaired) electrons. The second kappa shape index (κ2) is 7.09. The van der Waals surface area contributed by atoms with Gasteiger partial charge in [-0.25, -0.2) is 4.98 Å². The molecular weight excluding hydrogens is 416 g/mol. The third-order valence-corrected chi connectivity index (χ3v) is 5.76. The van der Waals surface area contributed by atoms with Gasteiger partial charge in [-0.15, -0.1) is 11.3 Å². The number of carbonyl (C=O) groups is 1. The average Bonchev–Trinajstić information content (AvgIpc) is 3.05. The van der Waals surface area contributed by atoms with Crippen molar-refractivity contribution < 1.29 is 14.3 Å². The summed E-state index contributed by atoms with van der Waals surface area (Å²) in [6, 6.07) is 13.4. The van der Waals surface area contributed by atoms with Crippen LogP contribution in [0.15, 0.2) is 46.9 Å². The molecule has 5 nitrogen and oxygen atoms in total. The quantitative estimate of drug-likeness (QED) is 0.641. The van der Waals surface area contributed by atoms with E-state index < -0.39 is 0 Å². The van der Waals surface area contributed by atoms with E-state index in [-0.39, 0.29) is 5.91 Å². The van der Waals surface area contributed by atoms with Gasteiger partial charge in [-0.1, -0.05) is 30.3 Å². The van der Waals surface area contributed by atoms with E-state index >= 15 is 0 Å². The number of thiazole rings is 1. The van der Waals surface area contributed by atoms with Crippen LogP contribution in [0.3, 0.4) is 0 Å². The number of halogens is 1. The van der Waals surface area contributed by atoms with Gasteiger partial charge in [0.25, 0.3) is 5.91 Å². The van der Waals surface area contributed by atoms with Crippen LogP contribution in [0.1, 0.15) is 15.4 Å². The average molecular weight is 431 g/mol. The second-order valence-corrected chi connectivity index (χ2v) is 7.58. The van der Waals surface area contributed by atoms with E-state index in [1.54, 1.807) is 12.1 Å². The third kappa shape index (κ3) is 3.32. The smallest absolute Gasteiger partial charge is 0.267 e. The van der Waals surface area contributed by atoms with Crippen LogP contribution in [-0.4, -0.2) is 24.1 Å². The Hall–Kier alpha value is -2.38. The predicted octanol–water partition coefficient (Wildman–Crippen LogP) is 4.90. The van der Waals surface area contributed by atoms with Gasteiger partial charge in [0.1, 0.15) is 23.1 Å². The Morgan fingerprint density at radius 3 is 2.58 bits per heavy atom. The van der Waals surface area contributed by atoms with Crippen LogP contribution in [-0.2, 0) is 0 Å². The van der Waals surface area contributed by atoms with Crippen molar-refractivity contribution in [1.29, 1.82) is 0 Å². The van der Waals surface area contributed by atoms with Crippen molar-refractivity contribution in [2.45, 2.75) is 6.92 Å². The maximum absolute atomic E-state index is 12.8. The fraction of sp³-hybridized carbons (Fsp3) is 0.158. The van der Waals surface area contributed by atoms with Crippen LogP contribution >= 0.6 is 27.3 Å². The van der Waals surface area contributed by atoms with Crippen molar-refractivity contribution in [3.8, 4) is 22.1 Å². The number of hydrogen-bond donors (Lipinski definition) is 1. The summed E-state index contributed by atoms with van der Waals surface area (Å²) >= 11 is 4.85. The highest BCUT2D eigenvalue weighted by atomic mass is 79.9. The minimum atomic E-state index is -0.195. The van der Waals surface area contributed by atoms with Crippen LogP contribution in [0.5, 0.6) is 11.5 Å². The van der Waals surface area contributed by atoms with E-state index in [0.717, 1.165) is 15.0 Å². The zero-order chi connectivity index (χ0) is 18.1. The van der Waals surface area contributed by atoms with Crippen LogP contribution in [0.4, 0.5) is 5.69 Å². The summed E-state index contributed by atoms with van der Waals surface area (Å²) in [6.07, 6.45) is 0. The minimum Gasteiger partial charge on any atom is -0.486 e. The van der Waals surface area contributed by atoms with E-state index in [0.29, 0.717) is 41.0 Å². The molecular formula is C19H15BrN2O3S. The van der Waals surface area contributed by atoms with Crippen molar-refractivity contribution in [2.75, 3.05) is 18.5 Å². The summed E-state index contributed by atoms with van der Waals surface area (Å²) < 4.78 is 11.9. The molecule has 7 heteroatoms. The first-order valence-electron chi connectivity index (χ1n) is 8.05. The Bertz CT molecular complexity index is 972. The number of anilines is 1. The zero-order valence-corrected chi connectivity index (χ0v) is 16.3. The number of carbonyl (C=O) groups excluding carboxylic acids is 1. The van der Waals surface area contributed by atoms with Gasteiger partial charge in [0, 0.05) is 22.2 Å². The lowest BCUT2D eigenvalue weighted by Crippen LogP contribution is -2.17. The summed E-state index contributed by atoms with van der Waals surface area (Å²) in [5.74, 6) is 1.10. The van der Waals surface area contributed by atoms with Gasteiger partial charge in [-0.05, 0) is 22.9 Å². The standard InChI is InChI=1S/C19H15BrN2O3S/c1-11-17(26-19(21-11)12-5-3-2-4-6-12)18(23)22-14-10-16-15(9-13(14)20)24-7-8-25-16/h2-6,9-10H,7-8H2,1H3,(H,22,23). The first kappa shape index (κ1) is 17.1. The van der Waals surface area contributed by atoms with E-state index in [4.69, 9.17) is 9.47 Å². The highest BCUT2D eigenvalue weighted by molar-refractivity contribution is 9.10. The summed E-state index contributed by atoms with van der Waals surface area (Å²) in [7, 11) is 0. The molecule has 1 amide bonds. The van der Waals surface area contributed by atoms with Gasteiger partial charge in [0.15, 0.2) is 11.5 Å². The molecule has 1 aliphatic rings. The van der Waals surface area contributed by atoms with Crippen molar-refractivity contribution in [1.82, 2.24) is 4.98 Å². The van der Waals surface area contributed by atoms with Crippen molar-refractivity contribution in [3.63, 3.8) is 0 Å². The number of aromatic nitrogens is 1. The number of fused-ring (bicyclic) bond motifs is 1. The summed E-state index contributed by atoms with van der Waals surface area (Å²) in [5, 5.41) is 3.76. The lowest BCUT2D eigenvalue weighted by atomic mass is 10.2. The molecule has 0 spiro atoms. The van der Waals surface area contributed by atoms with Crippen LogP contribution in [0, 0.1) is 6.92 Å². The maximum Gasteiger partial charge on any atom is 0.267 e. The first-order valence-corrected chi connectivity index (χ1v) is 9.66. The Labute approximate surface area is 163 Å². The monoisotopic (exact) mass is 430 g/mol. The van der Waals surface area contributed by atoms with E-state index in [1.807, 2.05) is 37.3 Å². The van der Waals surface area contributed by atoms with Gasteiger partial charge in [-0.2, -0.15) is 0 Å². The molecule has 3 aromatic rings. The van der Waals surface area contributed by atoms with Crippen molar-refractivity contribution in [2.24, 2.45) is 0 Å². The highest BCUT2D eigenvalue weighted by Gasteiger charge is 2.20. The van der Waals surface area contributed by atoms with Crippen LogP contribution in [0.2, 0.25) is 0 Å². The fourth-order valence-electron chi connectivity index (χ4n) is 2.65. The summed E-state index contributed by atoms with van der Waals surface area (Å²) in [5.41, 5.74) is 2.34. The van der Waals surface area contributed by atoms with Crippen molar-refractivity contribution in [3.05, 3.63) is 57.5 Å². The molecule has 2 heterocycles. The predicted molar refractivity (Wildman–Crippen MR) is 105 cm³/mol. The van der Waals surface area contributed by atoms with Crippen LogP contribution < -0.4 is 14.8 Å². The minimum absolute atomic E-state index is 0.195. The maximum atomic E-state index is 12.8. The second-order valence-electron chi connectivity index (χ2n) is 5.73. The molecule has 132 valence electrons. The normalized spacial score (nSPS) is 12.7. The number of aryl methyl sites for hydroxylation is 1. The first-order chi connectivity index (χ1) is 12.6. The molecule has 0 atom stereocenters. The number of nitrogens with one attached hydrogen (secondary N) is 1. The molecule has 1 aliphatic heterocycles. The molecule has 26 heavy (non-hydrogen) atoms. The number of rotatable bonds is 3. The van der Waals surface area contributed by atoms with Crippen molar-refractivity contribution >= 4 is 38.9 Å². The van der Waals surface area contributed by atoms with Gasteiger partial charge >= 0.3 is 0 Å². The number of ether oxygens (including phenoxy) is 2. The van der Waals surface area contributed by atoms with Gasteiger partial charge in [0.2, 0.25) is 0 Å². The van der Waals surface area contributed by atoms with Gasteiger partial charge in [-0.3, -0.25) is 4.79 Å². The molecule has 0 fully saturated rings. The Balaban J connectivity index is 1.60. The largest absolute Gasteiger partial charge is 0.486 e. The Morgan fingerprint density at radius 1 is 1.15 bits per heavy atom. The molecule has 0 bridgehead atoms. The number of benzene rings is 2. The fourth-order valence-corrected chi connectivity index (χ4v) is 4.04. The molecule has 4 rings (SSSR count). The van der Waals surface area contributed by atoms with E-state index in [1.165, 1.54) is 11.3 Å². The lowest BCUT2D eigenvalue weighted by Gasteiger charge is -2.20. The molecule has 2 aromatic carbocycles. The van der Waals surface area contributed by atoms with Crippen LogP contribution in [0.25, 0.3) is 10.6 Å². The molecule has 1 aromatic heterocycles. The highest BCUT2D eigenvalue weighted by Crippen LogP contribution is 2.38. The molecule has 0 aliphatic carbocycles. The molecule has 0 saturated heterocycles. The lowest BCUT2D eigenvalue weighted by molar-refractivity contribution is 0.102. The van der Waals surface area contributed by atoms with Gasteiger partial charge < -0.3 is 14.8 Å². The number of nitrogens with zero attached hydrogens (tertiary/aromatic N) is 1. The molecule has 1 N–H and O–H groups in total. The Morgan fingerprint density at radius 2 is 1.85 bits per heavy atom.